The number of carbonyl (C=O) groups excluding carboxylic acids is 3. The Bertz CT molecular complexity index is 2620. The first-order chi connectivity index (χ1) is 33.2. The lowest BCUT2D eigenvalue weighted by atomic mass is 10.0. The molecular weight excluding hydrogens is 871 g/mol. The number of piperazine rings is 1. The van der Waals surface area contributed by atoms with Crippen molar-refractivity contribution in [1.29, 1.82) is 0 Å². The Kier molecular flexibility index (Phi) is 16.7. The van der Waals surface area contributed by atoms with E-state index in [2.05, 4.69) is 99.1 Å². The highest BCUT2D eigenvalue weighted by atomic mass is 32.1. The van der Waals surface area contributed by atoms with Crippen LogP contribution in [0.25, 0.3) is 38.5 Å². The lowest BCUT2D eigenvalue weighted by molar-refractivity contribution is -0.141. The first-order valence-corrected chi connectivity index (χ1v) is 25.6. The number of benzene rings is 3. The molecule has 0 saturated carbocycles. The van der Waals surface area contributed by atoms with Gasteiger partial charge >= 0.3 is 0 Å². The number of β-amino-alcohol motifs (C(OH)–C–C–N with tert-alkyl or cyclic N) is 1. The van der Waals surface area contributed by atoms with E-state index in [1.165, 1.54) is 5.56 Å². The van der Waals surface area contributed by atoms with E-state index >= 15 is 0 Å². The van der Waals surface area contributed by atoms with Crippen LogP contribution in [0.1, 0.15) is 93.6 Å². The predicted octanol–water partition coefficient (Wildman–Crippen LogP) is 8.39. The number of aryl methyl sites for hydroxylation is 3. The average molecular weight is 938 g/mol. The number of nitrogens with one attached hydrogen (secondary N) is 2. The number of amides is 3. The molecule has 3 aromatic heterocycles. The Morgan fingerprint density at radius 3 is 2.29 bits per heavy atom. The molecule has 0 bridgehead atoms. The predicted molar refractivity (Wildman–Crippen MR) is 271 cm³/mol. The van der Waals surface area contributed by atoms with Crippen molar-refractivity contribution >= 4 is 40.5 Å². The fraction of sp³-hybridized carbons (Fsp3) is 0.444. The fourth-order valence-electron chi connectivity index (χ4n) is 9.74. The molecule has 14 heteroatoms. The van der Waals surface area contributed by atoms with Crippen molar-refractivity contribution in [3.05, 3.63) is 113 Å². The third-order valence-electron chi connectivity index (χ3n) is 13.6. The van der Waals surface area contributed by atoms with Crippen LogP contribution in [-0.2, 0) is 27.3 Å². The number of unbranched alkanes of at least 4 members (excludes halogenated alkanes) is 5. The number of aromatic nitrogens is 4. The molecule has 2 aliphatic heterocycles. The van der Waals surface area contributed by atoms with Crippen LogP contribution in [0, 0.1) is 13.8 Å². The van der Waals surface area contributed by atoms with Gasteiger partial charge in [0.1, 0.15) is 17.9 Å². The van der Waals surface area contributed by atoms with Gasteiger partial charge in [0, 0.05) is 69.4 Å². The molecule has 5 heterocycles. The van der Waals surface area contributed by atoms with E-state index in [-0.39, 0.29) is 24.3 Å². The molecule has 0 spiro atoms. The topological polar surface area (TPSA) is 148 Å². The van der Waals surface area contributed by atoms with Crippen molar-refractivity contribution < 1.29 is 19.5 Å². The Labute approximate surface area is 405 Å². The number of hydrogen-bond acceptors (Lipinski definition) is 10. The van der Waals surface area contributed by atoms with E-state index in [4.69, 9.17) is 10.1 Å². The number of thiazole rings is 1. The zero-order chi connectivity index (χ0) is 47.4. The van der Waals surface area contributed by atoms with Gasteiger partial charge in [-0.1, -0.05) is 105 Å². The largest absolute Gasteiger partial charge is 0.395 e. The monoisotopic (exact) mass is 938 g/mol. The number of aliphatic hydroxyl groups excluding tert-OH is 1. The summed E-state index contributed by atoms with van der Waals surface area (Å²) >= 11 is 1.61. The maximum atomic E-state index is 13.7. The quantitative estimate of drug-likeness (QED) is 0.0606. The van der Waals surface area contributed by atoms with Crippen LogP contribution in [0.15, 0.2) is 90.4 Å². The maximum absolute atomic E-state index is 13.7. The van der Waals surface area contributed by atoms with E-state index in [1.54, 1.807) is 16.2 Å². The lowest BCUT2D eigenvalue weighted by Crippen LogP contribution is -2.53. The van der Waals surface area contributed by atoms with Crippen LogP contribution in [0.4, 0.5) is 5.82 Å². The van der Waals surface area contributed by atoms with Gasteiger partial charge in [-0.2, -0.15) is 9.61 Å². The molecule has 68 heavy (non-hydrogen) atoms. The maximum Gasteiger partial charge on any atom is 0.245 e. The first kappa shape index (κ1) is 48.5. The van der Waals surface area contributed by atoms with Gasteiger partial charge < -0.3 is 25.5 Å². The number of hydrogen-bond donors (Lipinski definition) is 3. The summed E-state index contributed by atoms with van der Waals surface area (Å²) in [5.74, 6) is 0.598. The molecule has 3 N–H and O–H groups in total. The zero-order valence-electron chi connectivity index (χ0n) is 40.0. The number of rotatable bonds is 21. The first-order valence-electron chi connectivity index (χ1n) is 24.7. The van der Waals surface area contributed by atoms with Crippen LogP contribution in [0.3, 0.4) is 0 Å². The highest BCUT2D eigenvalue weighted by Gasteiger charge is 2.37. The van der Waals surface area contributed by atoms with Gasteiger partial charge in [0.05, 0.1) is 34.1 Å². The normalized spacial score (nSPS) is 15.8. The second-order valence-electron chi connectivity index (χ2n) is 18.3. The van der Waals surface area contributed by atoms with E-state index in [1.807, 2.05) is 42.1 Å². The van der Waals surface area contributed by atoms with E-state index in [0.717, 1.165) is 139 Å². The summed E-state index contributed by atoms with van der Waals surface area (Å²) in [7, 11) is 0. The molecule has 2 unspecified atom stereocenters. The van der Waals surface area contributed by atoms with Crippen molar-refractivity contribution in [3.8, 4) is 32.8 Å². The summed E-state index contributed by atoms with van der Waals surface area (Å²) in [5, 5.41) is 20.6. The SMILES string of the molecule is CCC(NC(=O)CCCCCCCCc1cccc(-c2cc(N3CCN(CCO)CC3)n3nc(C)c(-c4ccccc4)c3n2)c1)C(=O)N1CCCC1C(=O)NCc1ccc(-c2scnc2C)cc1. The van der Waals surface area contributed by atoms with E-state index in [0.29, 0.717) is 38.9 Å². The minimum absolute atomic E-state index is 0.108. The van der Waals surface area contributed by atoms with Gasteiger partial charge in [-0.15, -0.1) is 11.3 Å². The van der Waals surface area contributed by atoms with E-state index in [9.17, 15) is 19.5 Å². The summed E-state index contributed by atoms with van der Waals surface area (Å²) in [6, 6.07) is 28.3. The second-order valence-corrected chi connectivity index (χ2v) is 19.2. The molecule has 8 rings (SSSR count). The van der Waals surface area contributed by atoms with Crippen molar-refractivity contribution in [3.63, 3.8) is 0 Å². The van der Waals surface area contributed by atoms with Crippen molar-refractivity contribution in [1.82, 2.24) is 40.0 Å². The molecular formula is C54H67N9O4S. The van der Waals surface area contributed by atoms with Gasteiger partial charge in [-0.3, -0.25) is 19.3 Å². The molecule has 0 radical (unpaired) electrons. The minimum atomic E-state index is -0.640. The van der Waals surface area contributed by atoms with Crippen LogP contribution in [0.2, 0.25) is 0 Å². The van der Waals surface area contributed by atoms with Gasteiger partial charge in [-0.25, -0.2) is 9.97 Å². The van der Waals surface area contributed by atoms with Crippen LogP contribution in [0.5, 0.6) is 0 Å². The summed E-state index contributed by atoms with van der Waals surface area (Å²) in [6.07, 6.45) is 9.29. The van der Waals surface area contributed by atoms with Gasteiger partial charge in [0.25, 0.3) is 0 Å². The molecule has 2 aliphatic rings. The lowest BCUT2D eigenvalue weighted by Gasteiger charge is -2.35. The number of carbonyl (C=O) groups is 3. The molecule has 13 nitrogen and oxygen atoms in total. The number of anilines is 1. The average Bonchev–Trinajstić information content (AvgIpc) is 4.12. The Morgan fingerprint density at radius 2 is 1.56 bits per heavy atom. The highest BCUT2D eigenvalue weighted by molar-refractivity contribution is 7.13. The van der Waals surface area contributed by atoms with Crippen molar-refractivity contribution in [2.45, 2.75) is 110 Å². The molecule has 2 fully saturated rings. The molecule has 3 aromatic carbocycles. The highest BCUT2D eigenvalue weighted by Crippen LogP contribution is 2.34. The molecule has 2 atom stereocenters. The Hall–Kier alpha value is -5.96. The van der Waals surface area contributed by atoms with Crippen LogP contribution < -0.4 is 15.5 Å². The summed E-state index contributed by atoms with van der Waals surface area (Å²) < 4.78 is 2.02. The molecule has 0 aliphatic carbocycles. The van der Waals surface area contributed by atoms with Crippen LogP contribution >= 0.6 is 11.3 Å². The Morgan fingerprint density at radius 1 is 0.809 bits per heavy atom. The van der Waals surface area contributed by atoms with Crippen molar-refractivity contribution in [2.24, 2.45) is 0 Å². The number of aliphatic hydroxyl groups is 1. The van der Waals surface area contributed by atoms with Gasteiger partial charge in [-0.05, 0) is 80.7 Å². The molecule has 3 amide bonds. The van der Waals surface area contributed by atoms with Crippen molar-refractivity contribution in [2.75, 3.05) is 50.8 Å². The third-order valence-corrected chi connectivity index (χ3v) is 14.5. The Balaban J connectivity index is 0.777. The number of nitrogens with zero attached hydrogens (tertiary/aromatic N) is 7. The molecule has 6 aromatic rings. The van der Waals surface area contributed by atoms with E-state index < -0.39 is 12.1 Å². The summed E-state index contributed by atoms with van der Waals surface area (Å²) in [5.41, 5.74) is 12.2. The zero-order valence-corrected chi connectivity index (χ0v) is 40.8. The van der Waals surface area contributed by atoms with Crippen LogP contribution in [-0.4, -0.2) is 110 Å². The third kappa shape index (κ3) is 11.8. The minimum Gasteiger partial charge on any atom is -0.395 e. The second kappa shape index (κ2) is 23.4. The van der Waals surface area contributed by atoms with Gasteiger partial charge in [0.15, 0.2) is 5.65 Å². The summed E-state index contributed by atoms with van der Waals surface area (Å²) in [4.78, 5) is 57.2. The summed E-state index contributed by atoms with van der Waals surface area (Å²) in [6.45, 7) is 11.2. The smallest absolute Gasteiger partial charge is 0.245 e. The molecule has 2 saturated heterocycles. The standard InChI is InChI=1S/C54H67N9O4S/c1-4-45(54(67)62-27-15-21-47(62)53(66)55-36-41-23-25-43(26-24-41)51-39(3)56-37-68-51)57-48(65)22-13-8-6-5-7-10-16-40-17-14-20-44(34-40)46-35-49(61-30-28-60(29-31-61)32-33-64)63-52(58-46)50(38(2)59-63)42-18-11-9-12-19-42/h9,11-12,14,17-20,23-26,34-35,37,45,47,64H,4-8,10,13,15-16,21-22,27-33,36H2,1-3H3,(H,55,66)(H,57,65). The fourth-order valence-corrected chi connectivity index (χ4v) is 10.6. The van der Waals surface area contributed by atoms with Gasteiger partial charge in [0.2, 0.25) is 17.7 Å². The number of likely N-dealkylation sites (tertiary alicyclic amines) is 1. The number of fused-ring (bicyclic) bond motifs is 1. The molecule has 358 valence electrons.